The molecule has 0 radical (unpaired) electrons. The quantitative estimate of drug-likeness (QED) is 0.739. The number of Topliss-reactive ketones (excluding diaryl/α,β-unsaturated/α-hetero) is 1. The van der Waals surface area contributed by atoms with Gasteiger partial charge in [0.2, 0.25) is 0 Å². The predicted molar refractivity (Wildman–Crippen MR) is 103 cm³/mol. The van der Waals surface area contributed by atoms with Gasteiger partial charge in [-0.05, 0) is 56.7 Å². The third kappa shape index (κ3) is 2.40. The van der Waals surface area contributed by atoms with Crippen molar-refractivity contribution in [2.24, 2.45) is 11.8 Å². The van der Waals surface area contributed by atoms with Crippen LogP contribution in [-0.2, 0) is 9.53 Å². The van der Waals surface area contributed by atoms with Gasteiger partial charge in [0, 0.05) is 0 Å². The van der Waals surface area contributed by atoms with Gasteiger partial charge in [0.05, 0.1) is 29.1 Å². The summed E-state index contributed by atoms with van der Waals surface area (Å²) in [5.41, 5.74) is 4.51. The summed E-state index contributed by atoms with van der Waals surface area (Å²) in [6.07, 6.45) is 6.30. The number of rotatable bonds is 5. The standard InChI is InChI=1S/C23H30O3/c1-5-6-7-9-23-10-8-16(26-23)18-20(23)22(25)19(21(18)24)17-14(3)11-13(2)12-15(17)4/h11-12,16,18,20,24H,5-10H2,1-4H3/t16-,18-,20+,23+/m0/s1. The lowest BCUT2D eigenvalue weighted by Gasteiger charge is -2.32. The molecule has 3 heteroatoms. The summed E-state index contributed by atoms with van der Waals surface area (Å²) >= 11 is 0. The highest BCUT2D eigenvalue weighted by atomic mass is 16.5. The molecule has 26 heavy (non-hydrogen) atoms. The Balaban J connectivity index is 1.74. The van der Waals surface area contributed by atoms with Crippen molar-refractivity contribution in [2.45, 2.75) is 77.9 Å². The van der Waals surface area contributed by atoms with Crippen molar-refractivity contribution < 1.29 is 14.6 Å². The molecule has 0 unspecified atom stereocenters. The number of carbonyl (C=O) groups is 1. The Kier molecular flexibility index (Phi) is 4.26. The van der Waals surface area contributed by atoms with E-state index in [9.17, 15) is 9.90 Å². The predicted octanol–water partition coefficient (Wildman–Crippen LogP) is 5.21. The fourth-order valence-electron chi connectivity index (χ4n) is 5.85. The van der Waals surface area contributed by atoms with Crippen molar-refractivity contribution in [2.75, 3.05) is 0 Å². The Labute approximate surface area is 156 Å². The summed E-state index contributed by atoms with van der Waals surface area (Å²) in [6.45, 7) is 8.35. The van der Waals surface area contributed by atoms with Gasteiger partial charge >= 0.3 is 0 Å². The molecule has 1 aromatic rings. The van der Waals surface area contributed by atoms with E-state index in [0.717, 1.165) is 48.8 Å². The lowest BCUT2D eigenvalue weighted by atomic mass is 9.70. The van der Waals surface area contributed by atoms with Crippen LogP contribution in [0.5, 0.6) is 0 Å². The van der Waals surface area contributed by atoms with Crippen molar-refractivity contribution >= 4 is 11.4 Å². The number of allylic oxidation sites excluding steroid dienone is 1. The number of hydrogen-bond donors (Lipinski definition) is 1. The minimum atomic E-state index is -0.343. The molecule has 2 heterocycles. The average Bonchev–Trinajstić information content (AvgIpc) is 3.20. The van der Waals surface area contributed by atoms with Crippen molar-refractivity contribution in [1.82, 2.24) is 0 Å². The lowest BCUT2D eigenvalue weighted by Crippen LogP contribution is -2.40. The number of aliphatic hydroxyl groups is 1. The van der Waals surface area contributed by atoms with E-state index in [1.54, 1.807) is 0 Å². The molecule has 0 amide bonds. The van der Waals surface area contributed by atoms with E-state index < -0.39 is 0 Å². The van der Waals surface area contributed by atoms with Gasteiger partial charge in [-0.25, -0.2) is 0 Å². The van der Waals surface area contributed by atoms with E-state index >= 15 is 0 Å². The van der Waals surface area contributed by atoms with Crippen LogP contribution in [-0.4, -0.2) is 22.6 Å². The highest BCUT2D eigenvalue weighted by Gasteiger charge is 2.66. The smallest absolute Gasteiger partial charge is 0.173 e. The molecule has 4 atom stereocenters. The molecule has 1 aromatic carbocycles. The molecule has 3 aliphatic rings. The highest BCUT2D eigenvalue weighted by molar-refractivity contribution is 6.26. The number of carbonyl (C=O) groups excluding carboxylic acids is 1. The molecule has 4 rings (SSSR count). The third-order valence-electron chi connectivity index (χ3n) is 6.80. The molecule has 2 fully saturated rings. The van der Waals surface area contributed by atoms with E-state index in [4.69, 9.17) is 4.74 Å². The Hall–Kier alpha value is -1.61. The Bertz CT molecular complexity index is 768. The summed E-state index contributed by atoms with van der Waals surface area (Å²) in [6, 6.07) is 4.21. The van der Waals surface area contributed by atoms with Crippen molar-refractivity contribution in [3.8, 4) is 0 Å². The van der Waals surface area contributed by atoms with Crippen LogP contribution in [0.2, 0.25) is 0 Å². The normalized spacial score (nSPS) is 32.6. The average molecular weight is 354 g/mol. The first-order valence-corrected chi connectivity index (χ1v) is 10.1. The number of aliphatic hydroxyl groups excluding tert-OH is 1. The maximum absolute atomic E-state index is 13.5. The molecule has 2 bridgehead atoms. The maximum Gasteiger partial charge on any atom is 0.173 e. The molecular formula is C23H30O3. The second-order valence-corrected chi connectivity index (χ2v) is 8.62. The van der Waals surface area contributed by atoms with Crippen LogP contribution >= 0.6 is 0 Å². The van der Waals surface area contributed by atoms with E-state index in [1.807, 2.05) is 13.8 Å². The summed E-state index contributed by atoms with van der Waals surface area (Å²) in [7, 11) is 0. The summed E-state index contributed by atoms with van der Waals surface area (Å²) in [5.74, 6) is 0.0829. The van der Waals surface area contributed by atoms with Gasteiger partial charge in [-0.15, -0.1) is 0 Å². The van der Waals surface area contributed by atoms with Crippen molar-refractivity contribution in [1.29, 1.82) is 0 Å². The van der Waals surface area contributed by atoms with Crippen LogP contribution in [0, 0.1) is 32.6 Å². The topological polar surface area (TPSA) is 46.5 Å². The number of hydrogen-bond acceptors (Lipinski definition) is 3. The fraction of sp³-hybridized carbons (Fsp3) is 0.609. The highest BCUT2D eigenvalue weighted by Crippen LogP contribution is 2.60. The number of ether oxygens (including phenoxy) is 1. The Morgan fingerprint density at radius 3 is 2.54 bits per heavy atom. The van der Waals surface area contributed by atoms with Crippen molar-refractivity contribution in [3.63, 3.8) is 0 Å². The van der Waals surface area contributed by atoms with Crippen LogP contribution in [0.1, 0.15) is 67.7 Å². The molecule has 2 saturated heterocycles. The zero-order chi connectivity index (χ0) is 18.6. The van der Waals surface area contributed by atoms with Crippen LogP contribution < -0.4 is 0 Å². The van der Waals surface area contributed by atoms with Gasteiger partial charge < -0.3 is 9.84 Å². The molecule has 0 saturated carbocycles. The minimum Gasteiger partial charge on any atom is -0.511 e. The lowest BCUT2D eigenvalue weighted by molar-refractivity contribution is -0.123. The first kappa shape index (κ1) is 17.8. The molecular weight excluding hydrogens is 324 g/mol. The molecule has 3 nitrogen and oxygen atoms in total. The van der Waals surface area contributed by atoms with Gasteiger partial charge in [-0.2, -0.15) is 0 Å². The molecule has 1 aliphatic carbocycles. The summed E-state index contributed by atoms with van der Waals surface area (Å²) in [5, 5.41) is 11.1. The number of unbranched alkanes of at least 4 members (excludes halogenated alkanes) is 2. The number of aryl methyl sites for hydroxylation is 3. The second kappa shape index (κ2) is 6.23. The molecule has 1 N–H and O–H groups in total. The fourth-order valence-corrected chi connectivity index (χ4v) is 5.85. The second-order valence-electron chi connectivity index (χ2n) is 8.62. The van der Waals surface area contributed by atoms with E-state index in [1.165, 1.54) is 12.0 Å². The molecule has 2 aliphatic heterocycles. The number of ketones is 1. The van der Waals surface area contributed by atoms with E-state index in [0.29, 0.717) is 5.57 Å². The van der Waals surface area contributed by atoms with Gasteiger partial charge in [-0.3, -0.25) is 4.79 Å². The van der Waals surface area contributed by atoms with Gasteiger partial charge in [0.1, 0.15) is 5.76 Å². The van der Waals surface area contributed by atoms with E-state index in [-0.39, 0.29) is 35.1 Å². The van der Waals surface area contributed by atoms with Crippen LogP contribution in [0.4, 0.5) is 0 Å². The molecule has 140 valence electrons. The maximum atomic E-state index is 13.5. The van der Waals surface area contributed by atoms with Crippen molar-refractivity contribution in [3.05, 3.63) is 40.1 Å². The number of fused-ring (bicyclic) bond motifs is 5. The van der Waals surface area contributed by atoms with Gasteiger partial charge in [0.15, 0.2) is 5.78 Å². The summed E-state index contributed by atoms with van der Waals surface area (Å²) < 4.78 is 6.36. The SMILES string of the molecule is CCCCC[C@]12CC[C@H](O1)[C@@H]1C(O)=C(c3c(C)cc(C)cc3C)C(=O)[C@@H]12. The largest absolute Gasteiger partial charge is 0.511 e. The van der Waals surface area contributed by atoms with Crippen LogP contribution in [0.25, 0.3) is 5.57 Å². The monoisotopic (exact) mass is 354 g/mol. The zero-order valence-electron chi connectivity index (χ0n) is 16.4. The Morgan fingerprint density at radius 1 is 1.19 bits per heavy atom. The summed E-state index contributed by atoms with van der Waals surface area (Å²) in [4.78, 5) is 13.5. The zero-order valence-corrected chi connectivity index (χ0v) is 16.4. The first-order chi connectivity index (χ1) is 12.4. The number of benzene rings is 1. The first-order valence-electron chi connectivity index (χ1n) is 10.1. The minimum absolute atomic E-state index is 0.00846. The Morgan fingerprint density at radius 2 is 1.88 bits per heavy atom. The van der Waals surface area contributed by atoms with Crippen LogP contribution in [0.3, 0.4) is 0 Å². The van der Waals surface area contributed by atoms with Crippen LogP contribution in [0.15, 0.2) is 17.9 Å². The molecule has 0 aromatic heterocycles. The van der Waals surface area contributed by atoms with Gasteiger partial charge in [-0.1, -0.05) is 43.9 Å². The third-order valence-corrected chi connectivity index (χ3v) is 6.80. The molecule has 0 spiro atoms. The van der Waals surface area contributed by atoms with E-state index in [2.05, 4.69) is 26.0 Å². The van der Waals surface area contributed by atoms with Gasteiger partial charge in [0.25, 0.3) is 0 Å².